The first kappa shape index (κ1) is 43.1. The van der Waals surface area contributed by atoms with E-state index in [1.165, 1.54) is 90.6 Å². The predicted molar refractivity (Wildman–Crippen MR) is 263 cm³/mol. The number of aromatic nitrogens is 10. The molecule has 0 unspecified atom stereocenters. The van der Waals surface area contributed by atoms with Crippen LogP contribution in [-0.4, -0.2) is 71.7 Å². The van der Waals surface area contributed by atoms with Gasteiger partial charge in [-0.25, -0.2) is 9.59 Å². The number of fused-ring (bicyclic) bond motifs is 10. The third kappa shape index (κ3) is 7.71. The molecular weight excluding hydrogens is 853 g/mol. The molecule has 4 aliphatic rings. The second kappa shape index (κ2) is 18.0. The Morgan fingerprint density at radius 2 is 1.16 bits per heavy atom. The Morgan fingerprint density at radius 1 is 0.618 bits per heavy atom. The lowest BCUT2D eigenvalue weighted by molar-refractivity contribution is 0.0686. The summed E-state index contributed by atoms with van der Waals surface area (Å²) in [5, 5.41) is 47.9. The largest absolute Gasteiger partial charge is 0.478 e. The van der Waals surface area contributed by atoms with Crippen LogP contribution in [0.5, 0.6) is 0 Å². The summed E-state index contributed by atoms with van der Waals surface area (Å²) < 4.78 is 4.48. The number of carboxylic acid groups (broad SMARTS) is 2. The van der Waals surface area contributed by atoms with Gasteiger partial charge in [0.15, 0.2) is 0 Å². The van der Waals surface area contributed by atoms with Gasteiger partial charge in [0.1, 0.15) is 0 Å². The Bertz CT molecular complexity index is 3320. The quantitative estimate of drug-likeness (QED) is 0.149. The van der Waals surface area contributed by atoms with Crippen molar-refractivity contribution in [2.45, 2.75) is 116 Å². The molecule has 14 nitrogen and oxygen atoms in total. The number of carboxylic acids is 2. The van der Waals surface area contributed by atoms with Crippen LogP contribution in [0.3, 0.4) is 0 Å². The van der Waals surface area contributed by atoms with Crippen molar-refractivity contribution in [3.63, 3.8) is 0 Å². The zero-order chi connectivity index (χ0) is 46.5. The normalized spacial score (nSPS) is 16.1. The monoisotopic (exact) mass is 906 g/mol. The van der Waals surface area contributed by atoms with E-state index < -0.39 is 11.9 Å². The maximum absolute atomic E-state index is 11.9. The lowest BCUT2D eigenvalue weighted by atomic mass is 9.81. The van der Waals surface area contributed by atoms with Gasteiger partial charge in [-0.1, -0.05) is 99.2 Å². The highest BCUT2D eigenvalue weighted by Gasteiger charge is 2.32. The third-order valence-electron chi connectivity index (χ3n) is 14.5. The molecule has 0 atom stereocenters. The molecule has 8 aromatic rings. The van der Waals surface area contributed by atoms with Crippen LogP contribution in [0.4, 0.5) is 0 Å². The second-order valence-corrected chi connectivity index (χ2v) is 18.6. The first-order chi connectivity index (χ1) is 33.3. The lowest BCUT2D eigenvalue weighted by Gasteiger charge is -2.24. The summed E-state index contributed by atoms with van der Waals surface area (Å²) in [7, 11) is 0. The summed E-state index contributed by atoms with van der Waals surface area (Å²) in [5.41, 5.74) is 14.2. The Balaban J connectivity index is 0.000000149. The van der Waals surface area contributed by atoms with Gasteiger partial charge in [-0.05, 0) is 114 Å². The van der Waals surface area contributed by atoms with Crippen molar-refractivity contribution in [3.05, 3.63) is 130 Å². The number of hydrogen-bond acceptors (Lipinski definition) is 8. The fourth-order valence-corrected chi connectivity index (χ4v) is 11.3. The lowest BCUT2D eigenvalue weighted by Crippen LogP contribution is -2.07. The van der Waals surface area contributed by atoms with Crippen LogP contribution in [0.2, 0.25) is 0 Å². The van der Waals surface area contributed by atoms with Crippen LogP contribution < -0.4 is 0 Å². The number of benzene rings is 4. The molecule has 2 aliphatic carbocycles. The average molecular weight is 907 g/mol. The van der Waals surface area contributed by atoms with Gasteiger partial charge in [-0.3, -0.25) is 0 Å². The minimum absolute atomic E-state index is 0.297. The van der Waals surface area contributed by atoms with Crippen molar-refractivity contribution in [3.8, 4) is 22.5 Å². The number of rotatable bonds is 8. The Hall–Kier alpha value is -7.48. The van der Waals surface area contributed by atoms with E-state index in [1.54, 1.807) is 21.7 Å². The Labute approximate surface area is 393 Å². The first-order valence-electron chi connectivity index (χ1n) is 24.2. The van der Waals surface area contributed by atoms with E-state index >= 15 is 0 Å². The molecule has 14 heteroatoms. The van der Waals surface area contributed by atoms with Crippen LogP contribution in [0.25, 0.3) is 67.7 Å². The van der Waals surface area contributed by atoms with E-state index in [0.29, 0.717) is 60.7 Å². The second-order valence-electron chi connectivity index (χ2n) is 18.6. The predicted octanol–water partition coefficient (Wildman–Crippen LogP) is 11.2. The SMILES string of the molecule is CCn1nnc(C2=Cc3ccccc3-c3c(C4CCCCC4)c4ccc(C(=O)O)cc4n3C2)n1.CCn1nnc(C2=Cn3c(c(C4CCCCC4)c4ccc(C(=O)O)cc43)-c3ccccc3C2)n1. The van der Waals surface area contributed by atoms with Gasteiger partial charge in [-0.15, -0.1) is 20.4 Å². The zero-order valence-electron chi connectivity index (χ0n) is 38.5. The van der Waals surface area contributed by atoms with E-state index in [1.807, 2.05) is 38.1 Å². The molecule has 68 heavy (non-hydrogen) atoms. The van der Waals surface area contributed by atoms with Gasteiger partial charge in [0.25, 0.3) is 0 Å². The van der Waals surface area contributed by atoms with E-state index in [0.717, 1.165) is 51.4 Å². The molecule has 0 spiro atoms. The molecule has 2 N–H and O–H groups in total. The van der Waals surface area contributed by atoms with Crippen molar-refractivity contribution in [1.82, 2.24) is 49.5 Å². The molecule has 6 heterocycles. The van der Waals surface area contributed by atoms with Crippen molar-refractivity contribution in [2.75, 3.05) is 0 Å². The van der Waals surface area contributed by atoms with Crippen LogP contribution in [-0.2, 0) is 26.1 Å². The fourth-order valence-electron chi connectivity index (χ4n) is 11.3. The van der Waals surface area contributed by atoms with Gasteiger partial charge in [0.2, 0.25) is 11.6 Å². The van der Waals surface area contributed by atoms with Crippen molar-refractivity contribution in [1.29, 1.82) is 0 Å². The zero-order valence-corrected chi connectivity index (χ0v) is 38.5. The minimum atomic E-state index is -0.914. The molecule has 2 fully saturated rings. The molecule has 0 radical (unpaired) electrons. The van der Waals surface area contributed by atoms with E-state index in [-0.39, 0.29) is 0 Å². The minimum Gasteiger partial charge on any atom is -0.478 e. The van der Waals surface area contributed by atoms with Gasteiger partial charge >= 0.3 is 11.9 Å². The molecule has 344 valence electrons. The highest BCUT2D eigenvalue weighted by Crippen LogP contribution is 2.49. The maximum Gasteiger partial charge on any atom is 0.335 e. The van der Waals surface area contributed by atoms with Gasteiger partial charge < -0.3 is 19.3 Å². The molecule has 0 saturated heterocycles. The highest BCUT2D eigenvalue weighted by atomic mass is 16.4. The van der Waals surface area contributed by atoms with Gasteiger partial charge in [0.05, 0.1) is 47.7 Å². The molecule has 0 bridgehead atoms. The van der Waals surface area contributed by atoms with E-state index in [9.17, 15) is 19.8 Å². The van der Waals surface area contributed by atoms with Gasteiger partial charge in [-0.2, -0.15) is 9.59 Å². The number of carbonyl (C=O) groups is 2. The summed E-state index contributed by atoms with van der Waals surface area (Å²) in [5.74, 6) is 0.332. The third-order valence-corrected chi connectivity index (χ3v) is 14.5. The van der Waals surface area contributed by atoms with Crippen molar-refractivity contribution >= 4 is 57.2 Å². The molecule has 12 rings (SSSR count). The van der Waals surface area contributed by atoms with Crippen LogP contribution in [0.15, 0.2) is 84.9 Å². The molecule has 2 aliphatic heterocycles. The van der Waals surface area contributed by atoms with Crippen molar-refractivity contribution < 1.29 is 19.8 Å². The fraction of sp³-hybridized carbons (Fsp3) is 0.333. The van der Waals surface area contributed by atoms with E-state index in [4.69, 9.17) is 0 Å². The number of allylic oxidation sites excluding steroid dienone is 2. The standard InChI is InChI=1S/2C27H27N5O2/c2*1-2-32-29-26(28-30-32)20-14-18-10-6-7-11-21(18)25-24(17-8-4-3-5-9-17)22-13-12-19(27(33)34)15-23(22)31(25)16-20/h6-7,10-13,15-17H,2-5,8-9,14H2,1H3,(H,33,34);6-7,10-15,17H,2-5,8-9,16H2,1H3,(H,33,34). The number of tetrazole rings is 2. The Kier molecular flexibility index (Phi) is 11.4. The summed E-state index contributed by atoms with van der Waals surface area (Å²) in [6, 6.07) is 28.1. The van der Waals surface area contributed by atoms with Crippen molar-refractivity contribution in [2.24, 2.45) is 0 Å². The summed E-state index contributed by atoms with van der Waals surface area (Å²) in [4.78, 5) is 26.9. The molecule has 4 aromatic carbocycles. The van der Waals surface area contributed by atoms with Crippen LogP contribution >= 0.6 is 0 Å². The topological polar surface area (TPSA) is 172 Å². The first-order valence-corrected chi connectivity index (χ1v) is 24.2. The number of hydrogen-bond donors (Lipinski definition) is 2. The van der Waals surface area contributed by atoms with Gasteiger partial charge in [0, 0.05) is 51.2 Å². The number of nitrogens with zero attached hydrogens (tertiary/aromatic N) is 10. The number of aryl methyl sites for hydroxylation is 2. The Morgan fingerprint density at radius 3 is 1.76 bits per heavy atom. The highest BCUT2D eigenvalue weighted by molar-refractivity contribution is 6.03. The molecule has 2 saturated carbocycles. The summed E-state index contributed by atoms with van der Waals surface area (Å²) in [6.07, 6.45) is 17.1. The maximum atomic E-state index is 11.9. The average Bonchev–Trinajstić information content (AvgIpc) is 4.15. The molecule has 0 amide bonds. The summed E-state index contributed by atoms with van der Waals surface area (Å²) >= 11 is 0. The van der Waals surface area contributed by atoms with Crippen LogP contribution in [0, 0.1) is 0 Å². The molecular formula is C54H54N10O4. The van der Waals surface area contributed by atoms with Crippen LogP contribution in [0.1, 0.15) is 145 Å². The summed E-state index contributed by atoms with van der Waals surface area (Å²) in [6.45, 7) is 5.85. The smallest absolute Gasteiger partial charge is 0.335 e. The number of aromatic carboxylic acids is 2. The van der Waals surface area contributed by atoms with E-state index in [2.05, 4.69) is 101 Å². The molecule has 4 aromatic heterocycles.